The molecule has 20 heavy (non-hydrogen) atoms. The number of halogens is 2. The number of benzene rings is 1. The maximum atomic E-state index is 11.3. The van der Waals surface area contributed by atoms with Crippen LogP contribution in [0.2, 0.25) is 10.2 Å². The smallest absolute Gasteiger partial charge is 0.340 e. The van der Waals surface area contributed by atoms with Crippen LogP contribution < -0.4 is 0 Å². The molecule has 0 radical (unpaired) electrons. The van der Waals surface area contributed by atoms with Gasteiger partial charge in [0.2, 0.25) is 0 Å². The Hall–Kier alpha value is -1.52. The molecule has 0 fully saturated rings. The molecule has 0 aliphatic heterocycles. The van der Waals surface area contributed by atoms with Crippen LogP contribution in [-0.2, 0) is 13.0 Å². The van der Waals surface area contributed by atoms with Crippen molar-refractivity contribution in [1.29, 1.82) is 0 Å². The Kier molecular flexibility index (Phi) is 4.68. The third-order valence-corrected chi connectivity index (χ3v) is 3.50. The minimum atomic E-state index is -1.05. The number of carbonyl (C=O) groups is 1. The van der Waals surface area contributed by atoms with E-state index in [9.17, 15) is 9.90 Å². The molecule has 0 amide bonds. The molecule has 0 unspecified atom stereocenters. The van der Waals surface area contributed by atoms with Gasteiger partial charge in [-0.05, 0) is 24.1 Å². The number of carboxylic acid groups (broad SMARTS) is 1. The Balaban J connectivity index is 2.37. The second-order valence-corrected chi connectivity index (χ2v) is 5.25. The first-order chi connectivity index (χ1) is 9.52. The molecule has 1 N–H and O–H groups in total. The van der Waals surface area contributed by atoms with Crippen molar-refractivity contribution in [3.05, 3.63) is 51.3 Å². The second kappa shape index (κ2) is 6.29. The zero-order valence-electron chi connectivity index (χ0n) is 10.9. The van der Waals surface area contributed by atoms with Crippen LogP contribution in [0.15, 0.2) is 24.3 Å². The molecule has 2 aromatic rings. The molecular weight excluding hydrogens is 299 g/mol. The number of aromatic nitrogens is 2. The fourth-order valence-electron chi connectivity index (χ4n) is 2.02. The number of nitrogens with zero attached hydrogens (tertiary/aromatic N) is 2. The van der Waals surface area contributed by atoms with E-state index >= 15 is 0 Å². The fourth-order valence-corrected chi connectivity index (χ4v) is 2.52. The lowest BCUT2D eigenvalue weighted by Gasteiger charge is -2.04. The van der Waals surface area contributed by atoms with Crippen LogP contribution in [-0.4, -0.2) is 20.9 Å². The van der Waals surface area contributed by atoms with Crippen molar-refractivity contribution in [2.45, 2.75) is 26.3 Å². The summed E-state index contributed by atoms with van der Waals surface area (Å²) in [5.74, 6) is -1.05. The average molecular weight is 313 g/mol. The van der Waals surface area contributed by atoms with Gasteiger partial charge in [-0.15, -0.1) is 0 Å². The van der Waals surface area contributed by atoms with Crippen LogP contribution in [0.5, 0.6) is 0 Å². The number of carboxylic acids is 1. The van der Waals surface area contributed by atoms with E-state index < -0.39 is 5.97 Å². The third kappa shape index (κ3) is 3.14. The van der Waals surface area contributed by atoms with E-state index in [0.29, 0.717) is 23.7 Å². The SMILES string of the molecule is CCCc1nn(Cc2cccc(Cl)c2)c(Cl)c1C(=O)O. The first-order valence-corrected chi connectivity index (χ1v) is 7.01. The molecule has 106 valence electrons. The standard InChI is InChI=1S/C14H14Cl2N2O2/c1-2-4-11-12(14(19)20)13(16)18(17-11)8-9-5-3-6-10(15)7-9/h3,5-7H,2,4,8H2,1H3,(H,19,20). The van der Waals surface area contributed by atoms with E-state index in [4.69, 9.17) is 23.2 Å². The molecule has 0 saturated heterocycles. The molecule has 0 spiro atoms. The Labute approximate surface area is 126 Å². The van der Waals surface area contributed by atoms with E-state index in [0.717, 1.165) is 12.0 Å². The van der Waals surface area contributed by atoms with Gasteiger partial charge in [-0.3, -0.25) is 0 Å². The van der Waals surface area contributed by atoms with E-state index in [2.05, 4.69) is 5.10 Å². The van der Waals surface area contributed by atoms with E-state index in [1.807, 2.05) is 19.1 Å². The molecular formula is C14H14Cl2N2O2. The fraction of sp³-hybridized carbons (Fsp3) is 0.286. The molecule has 4 nitrogen and oxygen atoms in total. The van der Waals surface area contributed by atoms with Crippen LogP contribution in [0.25, 0.3) is 0 Å². The maximum Gasteiger partial charge on any atom is 0.340 e. The monoisotopic (exact) mass is 312 g/mol. The lowest BCUT2D eigenvalue weighted by molar-refractivity contribution is 0.0696. The minimum absolute atomic E-state index is 0.0931. The first-order valence-electron chi connectivity index (χ1n) is 6.25. The third-order valence-electron chi connectivity index (χ3n) is 2.88. The predicted molar refractivity (Wildman–Crippen MR) is 78.7 cm³/mol. The van der Waals surface area contributed by atoms with Gasteiger partial charge < -0.3 is 5.11 Å². The van der Waals surface area contributed by atoms with Crippen LogP contribution >= 0.6 is 23.2 Å². The van der Waals surface area contributed by atoms with Gasteiger partial charge in [0.25, 0.3) is 0 Å². The number of aryl methyl sites for hydroxylation is 1. The van der Waals surface area contributed by atoms with Crippen molar-refractivity contribution >= 4 is 29.2 Å². The zero-order chi connectivity index (χ0) is 14.7. The van der Waals surface area contributed by atoms with E-state index in [1.54, 1.807) is 12.1 Å². The Bertz CT molecular complexity index is 638. The predicted octanol–water partition coefficient (Wildman–Crippen LogP) is 3.89. The largest absolute Gasteiger partial charge is 0.478 e. The van der Waals surface area contributed by atoms with Crippen LogP contribution in [0, 0.1) is 0 Å². The zero-order valence-corrected chi connectivity index (χ0v) is 12.4. The van der Waals surface area contributed by atoms with Crippen molar-refractivity contribution < 1.29 is 9.90 Å². The molecule has 0 atom stereocenters. The Morgan fingerprint density at radius 1 is 1.40 bits per heavy atom. The lowest BCUT2D eigenvalue weighted by Crippen LogP contribution is -2.03. The molecule has 0 aliphatic rings. The highest BCUT2D eigenvalue weighted by Gasteiger charge is 2.21. The number of hydrogen-bond acceptors (Lipinski definition) is 2. The number of aromatic carboxylic acids is 1. The normalized spacial score (nSPS) is 10.8. The molecule has 2 rings (SSSR count). The summed E-state index contributed by atoms with van der Waals surface area (Å²) >= 11 is 12.1. The molecule has 0 aliphatic carbocycles. The summed E-state index contributed by atoms with van der Waals surface area (Å²) in [5, 5.41) is 14.3. The van der Waals surface area contributed by atoms with Gasteiger partial charge in [0.05, 0.1) is 12.2 Å². The summed E-state index contributed by atoms with van der Waals surface area (Å²) in [7, 11) is 0. The second-order valence-electron chi connectivity index (χ2n) is 4.46. The van der Waals surface area contributed by atoms with E-state index in [1.165, 1.54) is 4.68 Å². The van der Waals surface area contributed by atoms with Gasteiger partial charge in [-0.2, -0.15) is 5.10 Å². The highest BCUT2D eigenvalue weighted by molar-refractivity contribution is 6.32. The molecule has 6 heteroatoms. The van der Waals surface area contributed by atoms with Crippen molar-refractivity contribution in [3.8, 4) is 0 Å². The number of hydrogen-bond donors (Lipinski definition) is 1. The molecule has 0 bridgehead atoms. The van der Waals surface area contributed by atoms with Gasteiger partial charge in [0.15, 0.2) is 0 Å². The summed E-state index contributed by atoms with van der Waals surface area (Å²) < 4.78 is 1.50. The summed E-state index contributed by atoms with van der Waals surface area (Å²) in [6, 6.07) is 7.31. The van der Waals surface area contributed by atoms with Crippen molar-refractivity contribution in [1.82, 2.24) is 9.78 Å². The Morgan fingerprint density at radius 2 is 2.15 bits per heavy atom. The topological polar surface area (TPSA) is 55.1 Å². The van der Waals surface area contributed by atoms with E-state index in [-0.39, 0.29) is 10.7 Å². The highest BCUT2D eigenvalue weighted by atomic mass is 35.5. The summed E-state index contributed by atoms with van der Waals surface area (Å²) in [4.78, 5) is 11.3. The quantitative estimate of drug-likeness (QED) is 0.911. The summed E-state index contributed by atoms with van der Waals surface area (Å²) in [6.45, 7) is 2.36. The first kappa shape index (κ1) is 14.9. The maximum absolute atomic E-state index is 11.3. The van der Waals surface area contributed by atoms with Crippen molar-refractivity contribution in [3.63, 3.8) is 0 Å². The highest BCUT2D eigenvalue weighted by Crippen LogP contribution is 2.23. The molecule has 1 heterocycles. The molecule has 1 aromatic heterocycles. The summed E-state index contributed by atoms with van der Waals surface area (Å²) in [5.41, 5.74) is 1.53. The lowest BCUT2D eigenvalue weighted by atomic mass is 10.2. The van der Waals surface area contributed by atoms with Crippen LogP contribution in [0.4, 0.5) is 0 Å². The molecule has 0 saturated carbocycles. The van der Waals surface area contributed by atoms with Gasteiger partial charge in [0.1, 0.15) is 10.7 Å². The van der Waals surface area contributed by atoms with Gasteiger partial charge in [-0.1, -0.05) is 48.7 Å². The van der Waals surface area contributed by atoms with Crippen LogP contribution in [0.3, 0.4) is 0 Å². The average Bonchev–Trinajstić information content (AvgIpc) is 2.66. The molecule has 1 aromatic carbocycles. The van der Waals surface area contributed by atoms with Crippen molar-refractivity contribution in [2.24, 2.45) is 0 Å². The van der Waals surface area contributed by atoms with Gasteiger partial charge >= 0.3 is 5.97 Å². The number of rotatable bonds is 5. The Morgan fingerprint density at radius 3 is 2.75 bits per heavy atom. The van der Waals surface area contributed by atoms with Gasteiger partial charge in [0, 0.05) is 5.02 Å². The minimum Gasteiger partial charge on any atom is -0.478 e. The van der Waals surface area contributed by atoms with Crippen molar-refractivity contribution in [2.75, 3.05) is 0 Å². The van der Waals surface area contributed by atoms with Crippen LogP contribution in [0.1, 0.15) is 35.0 Å². The van der Waals surface area contributed by atoms with Gasteiger partial charge in [-0.25, -0.2) is 9.48 Å². The summed E-state index contributed by atoms with van der Waals surface area (Å²) in [6.07, 6.45) is 1.40.